The van der Waals surface area contributed by atoms with Crippen molar-refractivity contribution >= 4 is 29.1 Å². The lowest BCUT2D eigenvalue weighted by molar-refractivity contribution is 0.114. The van der Waals surface area contributed by atoms with Gasteiger partial charge in [-0.05, 0) is 35.6 Å². The summed E-state index contributed by atoms with van der Waals surface area (Å²) >= 11 is 3.50. The average Bonchev–Trinajstić information content (AvgIpc) is 3.01. The van der Waals surface area contributed by atoms with Crippen molar-refractivity contribution in [3.05, 3.63) is 22.4 Å². The third-order valence-corrected chi connectivity index (χ3v) is 5.07. The Kier molecular flexibility index (Phi) is 6.19. The second-order valence-electron chi connectivity index (χ2n) is 4.98. The Balaban J connectivity index is 1.76. The molecule has 1 aromatic heterocycles. The normalized spacial score (nSPS) is 18.0. The van der Waals surface area contributed by atoms with Gasteiger partial charge in [0, 0.05) is 44.5 Å². The van der Waals surface area contributed by atoms with Crippen LogP contribution in [0.15, 0.2) is 16.8 Å². The molecule has 1 aromatic rings. The summed E-state index contributed by atoms with van der Waals surface area (Å²) in [5.74, 6) is 0.973. The van der Waals surface area contributed by atoms with Crippen molar-refractivity contribution in [3.63, 3.8) is 0 Å². The molecule has 6 heteroatoms. The lowest BCUT2D eigenvalue weighted by Crippen LogP contribution is -2.52. The number of carbonyl (C=O) groups excluding carboxylic acids is 1. The Morgan fingerprint density at radius 1 is 1.45 bits per heavy atom. The van der Waals surface area contributed by atoms with Gasteiger partial charge in [0.1, 0.15) is 0 Å². The highest BCUT2D eigenvalue weighted by Gasteiger charge is 2.24. The Morgan fingerprint density at radius 3 is 2.80 bits per heavy atom. The van der Waals surface area contributed by atoms with E-state index in [2.05, 4.69) is 40.2 Å². The van der Waals surface area contributed by atoms with Gasteiger partial charge in [0.2, 0.25) is 0 Å². The highest BCUT2D eigenvalue weighted by Crippen LogP contribution is 2.23. The minimum atomic E-state index is 0.0851. The van der Waals surface area contributed by atoms with E-state index in [9.17, 15) is 4.79 Å². The van der Waals surface area contributed by atoms with Crippen LogP contribution in [-0.2, 0) is 0 Å². The fourth-order valence-electron chi connectivity index (χ4n) is 2.41. The van der Waals surface area contributed by atoms with Crippen LogP contribution in [0.4, 0.5) is 4.79 Å². The molecule has 1 aliphatic rings. The predicted octanol–water partition coefficient (Wildman–Crippen LogP) is 2.50. The average molecular weight is 313 g/mol. The van der Waals surface area contributed by atoms with Crippen LogP contribution in [0.5, 0.6) is 0 Å². The van der Waals surface area contributed by atoms with Crippen LogP contribution in [0.2, 0.25) is 0 Å². The first-order valence-electron chi connectivity index (χ1n) is 7.00. The molecular formula is C14H23N3OS2. The number of nitrogens with zero attached hydrogens (tertiary/aromatic N) is 2. The Morgan fingerprint density at radius 2 is 2.20 bits per heavy atom. The molecule has 0 saturated carbocycles. The fourth-order valence-corrected chi connectivity index (χ4v) is 3.46. The van der Waals surface area contributed by atoms with Crippen LogP contribution in [0, 0.1) is 0 Å². The van der Waals surface area contributed by atoms with Gasteiger partial charge in [0.15, 0.2) is 0 Å². The quantitative estimate of drug-likeness (QED) is 0.849. The van der Waals surface area contributed by atoms with E-state index >= 15 is 0 Å². The third kappa shape index (κ3) is 4.14. The molecule has 2 rings (SSSR count). The molecule has 0 bridgehead atoms. The standard InChI is InChI=1S/C14H23N3OS2/c1-12(13-3-9-20-11-13)16-5-7-17(8-6-16)14(18)15-4-10-19-2/h3,9,11-12H,4-8,10H2,1-2H3,(H,15,18)/t12-/m0/s1. The number of amides is 2. The molecule has 112 valence electrons. The molecule has 1 saturated heterocycles. The number of nitrogens with one attached hydrogen (secondary N) is 1. The van der Waals surface area contributed by atoms with Gasteiger partial charge in [-0.15, -0.1) is 0 Å². The molecule has 0 radical (unpaired) electrons. The molecule has 1 atom stereocenters. The lowest BCUT2D eigenvalue weighted by Gasteiger charge is -2.37. The monoisotopic (exact) mass is 313 g/mol. The van der Waals surface area contributed by atoms with E-state index in [4.69, 9.17) is 0 Å². The van der Waals surface area contributed by atoms with E-state index < -0.39 is 0 Å². The summed E-state index contributed by atoms with van der Waals surface area (Å²) < 4.78 is 0. The van der Waals surface area contributed by atoms with Crippen LogP contribution in [0.3, 0.4) is 0 Å². The third-order valence-electron chi connectivity index (χ3n) is 3.76. The maximum Gasteiger partial charge on any atom is 0.317 e. The van der Waals surface area contributed by atoms with Gasteiger partial charge in [-0.1, -0.05) is 0 Å². The van der Waals surface area contributed by atoms with E-state index in [1.165, 1.54) is 5.56 Å². The van der Waals surface area contributed by atoms with Crippen LogP contribution in [-0.4, -0.2) is 60.6 Å². The van der Waals surface area contributed by atoms with E-state index in [1.54, 1.807) is 23.1 Å². The Labute approximate surface area is 129 Å². The summed E-state index contributed by atoms with van der Waals surface area (Å²) in [5, 5.41) is 7.31. The van der Waals surface area contributed by atoms with Crippen LogP contribution >= 0.6 is 23.1 Å². The first kappa shape index (κ1) is 15.7. The molecule has 0 aromatic carbocycles. The second-order valence-corrected chi connectivity index (χ2v) is 6.75. The molecule has 2 heterocycles. The molecule has 1 aliphatic heterocycles. The molecule has 2 amide bonds. The molecule has 0 spiro atoms. The van der Waals surface area contributed by atoms with Crippen molar-refractivity contribution < 1.29 is 4.79 Å². The zero-order chi connectivity index (χ0) is 14.4. The van der Waals surface area contributed by atoms with Crippen molar-refractivity contribution in [1.29, 1.82) is 0 Å². The smallest absolute Gasteiger partial charge is 0.317 e. The molecule has 1 N–H and O–H groups in total. The Bertz CT molecular complexity index is 403. The van der Waals surface area contributed by atoms with Gasteiger partial charge in [-0.3, -0.25) is 4.90 Å². The Hall–Kier alpha value is -0.720. The van der Waals surface area contributed by atoms with E-state index in [0.29, 0.717) is 6.04 Å². The number of thiophene rings is 1. The van der Waals surface area contributed by atoms with Crippen molar-refractivity contribution in [3.8, 4) is 0 Å². The maximum atomic E-state index is 12.0. The van der Waals surface area contributed by atoms with Gasteiger partial charge in [0.25, 0.3) is 0 Å². The molecule has 1 fully saturated rings. The summed E-state index contributed by atoms with van der Waals surface area (Å²) in [6.45, 7) is 6.54. The largest absolute Gasteiger partial charge is 0.337 e. The van der Waals surface area contributed by atoms with Crippen molar-refractivity contribution in [2.75, 3.05) is 44.7 Å². The number of hydrogen-bond donors (Lipinski definition) is 1. The summed E-state index contributed by atoms with van der Waals surface area (Å²) in [5.41, 5.74) is 1.38. The number of rotatable bonds is 5. The van der Waals surface area contributed by atoms with Gasteiger partial charge in [-0.25, -0.2) is 4.79 Å². The molecular weight excluding hydrogens is 290 g/mol. The first-order valence-corrected chi connectivity index (χ1v) is 9.34. The molecule has 20 heavy (non-hydrogen) atoms. The van der Waals surface area contributed by atoms with Crippen molar-refractivity contribution in [1.82, 2.24) is 15.1 Å². The molecule has 0 unspecified atom stereocenters. The van der Waals surface area contributed by atoms with Crippen molar-refractivity contribution in [2.24, 2.45) is 0 Å². The maximum absolute atomic E-state index is 12.0. The highest BCUT2D eigenvalue weighted by atomic mass is 32.2. The number of urea groups is 1. The van der Waals surface area contributed by atoms with E-state index in [0.717, 1.165) is 38.5 Å². The molecule has 0 aliphatic carbocycles. The number of hydrogen-bond acceptors (Lipinski definition) is 4. The lowest BCUT2D eigenvalue weighted by atomic mass is 10.1. The minimum Gasteiger partial charge on any atom is -0.337 e. The first-order chi connectivity index (χ1) is 9.72. The number of carbonyl (C=O) groups is 1. The van der Waals surface area contributed by atoms with E-state index in [1.807, 2.05) is 4.90 Å². The summed E-state index contributed by atoms with van der Waals surface area (Å²) in [6, 6.07) is 2.72. The van der Waals surface area contributed by atoms with Gasteiger partial charge >= 0.3 is 6.03 Å². The van der Waals surface area contributed by atoms with Crippen LogP contribution < -0.4 is 5.32 Å². The number of thioether (sulfide) groups is 1. The van der Waals surface area contributed by atoms with Crippen LogP contribution in [0.1, 0.15) is 18.5 Å². The minimum absolute atomic E-state index is 0.0851. The van der Waals surface area contributed by atoms with Crippen LogP contribution in [0.25, 0.3) is 0 Å². The van der Waals surface area contributed by atoms with Gasteiger partial charge in [0.05, 0.1) is 0 Å². The highest BCUT2D eigenvalue weighted by molar-refractivity contribution is 7.98. The second kappa shape index (κ2) is 7.90. The van der Waals surface area contributed by atoms with E-state index in [-0.39, 0.29) is 6.03 Å². The van der Waals surface area contributed by atoms with Crippen molar-refractivity contribution in [2.45, 2.75) is 13.0 Å². The zero-order valence-corrected chi connectivity index (χ0v) is 13.8. The predicted molar refractivity (Wildman–Crippen MR) is 87.7 cm³/mol. The topological polar surface area (TPSA) is 35.6 Å². The molecule has 4 nitrogen and oxygen atoms in total. The number of piperazine rings is 1. The zero-order valence-electron chi connectivity index (χ0n) is 12.2. The summed E-state index contributed by atoms with van der Waals surface area (Å²) in [6.07, 6.45) is 2.05. The summed E-state index contributed by atoms with van der Waals surface area (Å²) in [4.78, 5) is 16.3. The SMILES string of the molecule is CSCCNC(=O)N1CCN([C@@H](C)c2ccsc2)CC1. The van der Waals surface area contributed by atoms with Gasteiger partial charge in [-0.2, -0.15) is 23.1 Å². The summed E-state index contributed by atoms with van der Waals surface area (Å²) in [7, 11) is 0. The fraction of sp³-hybridized carbons (Fsp3) is 0.643. The van der Waals surface area contributed by atoms with Gasteiger partial charge < -0.3 is 10.2 Å².